The molecule has 0 heterocycles. The van der Waals surface area contributed by atoms with Crippen LogP contribution >= 0.6 is 0 Å². The van der Waals surface area contributed by atoms with Crippen molar-refractivity contribution < 1.29 is 26.3 Å². The van der Waals surface area contributed by atoms with Crippen LogP contribution < -0.4 is 0 Å². The Morgan fingerprint density at radius 3 is 2.30 bits per heavy atom. The van der Waals surface area contributed by atoms with Gasteiger partial charge in [-0.15, -0.1) is 0 Å². The number of benzene rings is 2. The second-order valence-electron chi connectivity index (χ2n) is 8.68. The van der Waals surface area contributed by atoms with Gasteiger partial charge in [-0.2, -0.15) is 13.2 Å². The number of halogens is 6. The zero-order chi connectivity index (χ0) is 21.6. The van der Waals surface area contributed by atoms with E-state index in [2.05, 4.69) is 6.92 Å². The Balaban J connectivity index is 1.68. The van der Waals surface area contributed by atoms with Crippen LogP contribution in [0.1, 0.15) is 68.1 Å². The van der Waals surface area contributed by atoms with Gasteiger partial charge in [-0.1, -0.05) is 31.9 Å². The summed E-state index contributed by atoms with van der Waals surface area (Å²) in [4.78, 5) is 0. The summed E-state index contributed by atoms with van der Waals surface area (Å²) in [5.41, 5.74) is -0.722. The van der Waals surface area contributed by atoms with Gasteiger partial charge in [-0.05, 0) is 78.7 Å². The average molecular weight is 426 g/mol. The zero-order valence-corrected chi connectivity index (χ0v) is 16.8. The minimum atomic E-state index is -5.15. The Kier molecular flexibility index (Phi) is 5.62. The van der Waals surface area contributed by atoms with Crippen molar-refractivity contribution in [2.45, 2.75) is 64.0 Å². The van der Waals surface area contributed by atoms with Crippen LogP contribution in [0, 0.1) is 29.3 Å². The lowest BCUT2D eigenvalue weighted by atomic mass is 9.64. The summed E-state index contributed by atoms with van der Waals surface area (Å²) < 4.78 is 81.8. The molecule has 1 saturated carbocycles. The third-order valence-corrected chi connectivity index (χ3v) is 6.87. The summed E-state index contributed by atoms with van der Waals surface area (Å²) in [7, 11) is 0. The molecule has 0 bridgehead atoms. The van der Waals surface area contributed by atoms with E-state index in [0.717, 1.165) is 43.6 Å². The Morgan fingerprint density at radius 1 is 0.967 bits per heavy atom. The number of rotatable bonds is 3. The van der Waals surface area contributed by atoms with Crippen LogP contribution in [0.3, 0.4) is 0 Å². The SMILES string of the molecule is CCCC1CCC2c3ccc(-c4cc(F)c(C(F)(F)F)c(F)c4)c(F)c3CCC2C1. The van der Waals surface area contributed by atoms with E-state index in [1.807, 2.05) is 0 Å². The van der Waals surface area contributed by atoms with E-state index in [1.165, 1.54) is 12.5 Å². The lowest BCUT2D eigenvalue weighted by Gasteiger charge is -2.41. The predicted octanol–water partition coefficient (Wildman–Crippen LogP) is 8.04. The van der Waals surface area contributed by atoms with Gasteiger partial charge in [0.15, 0.2) is 0 Å². The molecule has 2 aromatic carbocycles. The fraction of sp³-hybridized carbons (Fsp3) is 0.500. The number of hydrogen-bond donors (Lipinski definition) is 0. The fourth-order valence-electron chi connectivity index (χ4n) is 5.55. The van der Waals surface area contributed by atoms with Gasteiger partial charge in [0.1, 0.15) is 23.0 Å². The van der Waals surface area contributed by atoms with Crippen molar-refractivity contribution in [2.24, 2.45) is 11.8 Å². The minimum Gasteiger partial charge on any atom is -0.206 e. The van der Waals surface area contributed by atoms with Gasteiger partial charge in [-0.25, -0.2) is 13.2 Å². The van der Waals surface area contributed by atoms with Crippen molar-refractivity contribution in [3.63, 3.8) is 0 Å². The van der Waals surface area contributed by atoms with Crippen molar-refractivity contribution in [3.05, 3.63) is 58.4 Å². The lowest BCUT2D eigenvalue weighted by molar-refractivity contribution is -0.142. The highest BCUT2D eigenvalue weighted by Gasteiger charge is 2.39. The largest absolute Gasteiger partial charge is 0.422 e. The quantitative estimate of drug-likeness (QED) is 0.436. The van der Waals surface area contributed by atoms with E-state index in [0.29, 0.717) is 30.0 Å². The molecule has 0 amide bonds. The third-order valence-electron chi connectivity index (χ3n) is 6.87. The molecule has 0 radical (unpaired) electrons. The number of fused-ring (bicyclic) bond motifs is 3. The molecule has 2 aliphatic carbocycles. The molecule has 0 N–H and O–H groups in total. The van der Waals surface area contributed by atoms with Gasteiger partial charge in [0.25, 0.3) is 0 Å². The molecule has 0 saturated heterocycles. The van der Waals surface area contributed by atoms with Crippen LogP contribution in [0.15, 0.2) is 24.3 Å². The molecule has 0 nitrogen and oxygen atoms in total. The normalized spacial score (nSPS) is 23.8. The van der Waals surface area contributed by atoms with E-state index in [4.69, 9.17) is 0 Å². The van der Waals surface area contributed by atoms with Crippen LogP contribution in [-0.2, 0) is 12.6 Å². The highest BCUT2D eigenvalue weighted by atomic mass is 19.4. The smallest absolute Gasteiger partial charge is 0.206 e. The monoisotopic (exact) mass is 426 g/mol. The summed E-state index contributed by atoms with van der Waals surface area (Å²) in [6.45, 7) is 2.19. The highest BCUT2D eigenvalue weighted by molar-refractivity contribution is 5.67. The molecule has 30 heavy (non-hydrogen) atoms. The first-order chi connectivity index (χ1) is 14.2. The van der Waals surface area contributed by atoms with Gasteiger partial charge in [0.05, 0.1) is 0 Å². The van der Waals surface area contributed by atoms with E-state index >= 15 is 4.39 Å². The maximum absolute atomic E-state index is 15.3. The zero-order valence-electron chi connectivity index (χ0n) is 16.8. The van der Waals surface area contributed by atoms with E-state index < -0.39 is 29.2 Å². The van der Waals surface area contributed by atoms with Crippen molar-refractivity contribution in [3.8, 4) is 11.1 Å². The van der Waals surface area contributed by atoms with Crippen LogP contribution in [0.4, 0.5) is 26.3 Å². The Bertz CT molecular complexity index is 922. The van der Waals surface area contributed by atoms with Crippen LogP contribution in [-0.4, -0.2) is 0 Å². The first-order valence-corrected chi connectivity index (χ1v) is 10.6. The van der Waals surface area contributed by atoms with Gasteiger partial charge < -0.3 is 0 Å². The Morgan fingerprint density at radius 2 is 1.67 bits per heavy atom. The molecule has 1 fully saturated rings. The molecule has 6 heteroatoms. The third kappa shape index (κ3) is 3.74. The second-order valence-corrected chi connectivity index (χ2v) is 8.68. The standard InChI is InChI=1S/C24H24F6/c1-2-3-13-4-6-16-14(10-13)5-7-19-18(16)9-8-17(23(19)27)15-11-20(25)22(21(26)12-15)24(28,29)30/h8-9,11-14,16H,2-7,10H2,1H3. The summed E-state index contributed by atoms with van der Waals surface area (Å²) in [5.74, 6) is -2.51. The van der Waals surface area contributed by atoms with Crippen molar-refractivity contribution in [1.29, 1.82) is 0 Å². The summed E-state index contributed by atoms with van der Waals surface area (Å²) in [6.07, 6.45) is 1.92. The van der Waals surface area contributed by atoms with E-state index in [-0.39, 0.29) is 17.0 Å². The van der Waals surface area contributed by atoms with Crippen molar-refractivity contribution in [1.82, 2.24) is 0 Å². The summed E-state index contributed by atoms with van der Waals surface area (Å²) in [5, 5.41) is 0. The molecule has 0 spiro atoms. The fourth-order valence-corrected chi connectivity index (χ4v) is 5.55. The highest BCUT2D eigenvalue weighted by Crippen LogP contribution is 2.49. The molecule has 0 aliphatic heterocycles. The van der Waals surface area contributed by atoms with Crippen molar-refractivity contribution in [2.75, 3.05) is 0 Å². The molecule has 3 unspecified atom stereocenters. The second kappa shape index (κ2) is 7.93. The van der Waals surface area contributed by atoms with Crippen LogP contribution in [0.2, 0.25) is 0 Å². The van der Waals surface area contributed by atoms with E-state index in [9.17, 15) is 22.0 Å². The average Bonchev–Trinajstić information content (AvgIpc) is 2.66. The van der Waals surface area contributed by atoms with Gasteiger partial charge in [0, 0.05) is 5.56 Å². The first kappa shape index (κ1) is 21.3. The maximum Gasteiger partial charge on any atom is 0.422 e. The van der Waals surface area contributed by atoms with Gasteiger partial charge in [-0.3, -0.25) is 0 Å². The predicted molar refractivity (Wildman–Crippen MR) is 104 cm³/mol. The Hall–Kier alpha value is -1.98. The first-order valence-electron chi connectivity index (χ1n) is 10.6. The lowest BCUT2D eigenvalue weighted by Crippen LogP contribution is -2.28. The topological polar surface area (TPSA) is 0 Å². The molecular weight excluding hydrogens is 402 g/mol. The molecule has 162 valence electrons. The number of hydrogen-bond acceptors (Lipinski definition) is 0. The minimum absolute atomic E-state index is 0.0570. The maximum atomic E-state index is 15.3. The van der Waals surface area contributed by atoms with E-state index in [1.54, 1.807) is 6.07 Å². The van der Waals surface area contributed by atoms with Gasteiger partial charge >= 0.3 is 6.18 Å². The molecule has 4 rings (SSSR count). The van der Waals surface area contributed by atoms with Crippen molar-refractivity contribution >= 4 is 0 Å². The molecular formula is C24H24F6. The summed E-state index contributed by atoms with van der Waals surface area (Å²) in [6, 6.07) is 4.39. The molecule has 0 aromatic heterocycles. The molecule has 2 aliphatic rings. The van der Waals surface area contributed by atoms with Crippen LogP contribution in [0.5, 0.6) is 0 Å². The molecule has 3 atom stereocenters. The molecule has 2 aromatic rings. The number of alkyl halides is 3. The Labute approximate surface area is 172 Å². The van der Waals surface area contributed by atoms with Gasteiger partial charge in [0.2, 0.25) is 0 Å². The summed E-state index contributed by atoms with van der Waals surface area (Å²) >= 11 is 0. The van der Waals surface area contributed by atoms with Crippen LogP contribution in [0.25, 0.3) is 11.1 Å².